The first-order valence-electron chi connectivity index (χ1n) is 8.16. The van der Waals surface area contributed by atoms with E-state index in [2.05, 4.69) is 5.16 Å². The second-order valence-corrected chi connectivity index (χ2v) is 6.55. The summed E-state index contributed by atoms with van der Waals surface area (Å²) in [5.41, 5.74) is 1.20. The molecule has 2 heterocycles. The fraction of sp³-hybridized carbons (Fsp3) is 0.389. The summed E-state index contributed by atoms with van der Waals surface area (Å²) in [5, 5.41) is 4.39. The molecule has 1 saturated heterocycles. The largest absolute Gasteiger partial charge is 0.459 e. The summed E-state index contributed by atoms with van der Waals surface area (Å²) in [4.78, 5) is 26.4. The van der Waals surface area contributed by atoms with Gasteiger partial charge in [0.25, 0.3) is 5.91 Å². The molecule has 0 atom stereocenters. The first-order chi connectivity index (χ1) is 12.0. The third-order valence-corrected chi connectivity index (χ3v) is 4.50. The molecule has 2 aromatic rings. The minimum Gasteiger partial charge on any atom is -0.459 e. The molecule has 0 bridgehead atoms. The van der Waals surface area contributed by atoms with Crippen molar-refractivity contribution in [3.8, 4) is 0 Å². The Labute approximate surface area is 150 Å². The molecule has 6 nitrogen and oxygen atoms in total. The summed E-state index contributed by atoms with van der Waals surface area (Å²) >= 11 is 5.84. The molecule has 0 N–H and O–H groups in total. The van der Waals surface area contributed by atoms with Crippen LogP contribution < -0.4 is 0 Å². The molecular weight excluding hydrogens is 344 g/mol. The van der Waals surface area contributed by atoms with Crippen LogP contribution in [0.4, 0.5) is 0 Å². The predicted molar refractivity (Wildman–Crippen MR) is 91.1 cm³/mol. The molecule has 1 aliphatic heterocycles. The van der Waals surface area contributed by atoms with E-state index in [1.807, 2.05) is 0 Å². The van der Waals surface area contributed by atoms with Gasteiger partial charge in [-0.3, -0.25) is 9.59 Å². The van der Waals surface area contributed by atoms with Crippen LogP contribution in [-0.2, 0) is 16.1 Å². The molecule has 1 aromatic carbocycles. The lowest BCUT2D eigenvalue weighted by Crippen LogP contribution is -2.40. The number of ether oxygens (including phenoxy) is 1. The minimum atomic E-state index is -0.251. The maximum Gasteiger partial charge on any atom is 0.309 e. The summed E-state index contributed by atoms with van der Waals surface area (Å²) < 4.78 is 10.2. The number of aromatic nitrogens is 1. The number of likely N-dealkylation sites (tertiary alicyclic amines) is 1. The number of benzene rings is 1. The fourth-order valence-electron chi connectivity index (χ4n) is 2.84. The molecular formula is C18H19ClN2O4. The van der Waals surface area contributed by atoms with Crippen molar-refractivity contribution >= 4 is 23.5 Å². The lowest BCUT2D eigenvalue weighted by molar-refractivity contribution is -0.151. The van der Waals surface area contributed by atoms with E-state index in [1.54, 1.807) is 42.2 Å². The van der Waals surface area contributed by atoms with E-state index in [4.69, 9.17) is 20.9 Å². The Bertz CT molecular complexity index is 749. The quantitative estimate of drug-likeness (QED) is 0.781. The van der Waals surface area contributed by atoms with Gasteiger partial charge in [-0.15, -0.1) is 0 Å². The molecule has 1 fully saturated rings. The van der Waals surface area contributed by atoms with Crippen LogP contribution in [0.25, 0.3) is 0 Å². The van der Waals surface area contributed by atoms with Crippen molar-refractivity contribution in [2.45, 2.75) is 26.4 Å². The van der Waals surface area contributed by atoms with Gasteiger partial charge in [0.2, 0.25) is 0 Å². The summed E-state index contributed by atoms with van der Waals surface area (Å²) in [6.07, 6.45) is 1.19. The second kappa shape index (κ2) is 7.70. The number of aryl methyl sites for hydroxylation is 1. The molecule has 1 amide bonds. The Hall–Kier alpha value is -2.34. The van der Waals surface area contributed by atoms with Crippen molar-refractivity contribution in [2.75, 3.05) is 13.1 Å². The number of esters is 1. The van der Waals surface area contributed by atoms with Gasteiger partial charge in [-0.05, 0) is 44.0 Å². The summed E-state index contributed by atoms with van der Waals surface area (Å²) in [5.74, 6) is 0.197. The van der Waals surface area contributed by atoms with Crippen LogP contribution in [0.15, 0.2) is 34.9 Å². The van der Waals surface area contributed by atoms with E-state index in [0.29, 0.717) is 48.0 Å². The maximum absolute atomic E-state index is 12.4. The fourth-order valence-corrected chi connectivity index (χ4v) is 2.97. The summed E-state index contributed by atoms with van der Waals surface area (Å²) in [6.45, 7) is 2.96. The first kappa shape index (κ1) is 17.5. The molecule has 0 spiro atoms. The zero-order chi connectivity index (χ0) is 17.8. The van der Waals surface area contributed by atoms with E-state index in [0.717, 1.165) is 0 Å². The molecule has 132 valence electrons. The number of nitrogens with zero attached hydrogens (tertiary/aromatic N) is 2. The Kier molecular flexibility index (Phi) is 5.38. The van der Waals surface area contributed by atoms with Crippen LogP contribution in [0.5, 0.6) is 0 Å². The monoisotopic (exact) mass is 362 g/mol. The number of hydrogen-bond acceptors (Lipinski definition) is 5. The number of carbonyl (C=O) groups is 2. The second-order valence-electron chi connectivity index (χ2n) is 6.11. The Morgan fingerprint density at radius 2 is 1.96 bits per heavy atom. The predicted octanol–water partition coefficient (Wildman–Crippen LogP) is 3.23. The number of amides is 1. The number of hydrogen-bond donors (Lipinski definition) is 0. The Morgan fingerprint density at radius 1 is 1.28 bits per heavy atom. The number of piperidine rings is 1. The highest BCUT2D eigenvalue weighted by Gasteiger charge is 2.29. The van der Waals surface area contributed by atoms with Crippen molar-refractivity contribution < 1.29 is 18.8 Å². The normalized spacial score (nSPS) is 15.2. The summed E-state index contributed by atoms with van der Waals surface area (Å²) in [6, 6.07) is 8.56. The Balaban J connectivity index is 1.48. The lowest BCUT2D eigenvalue weighted by Gasteiger charge is -2.31. The molecule has 0 saturated carbocycles. The molecule has 1 aromatic heterocycles. The van der Waals surface area contributed by atoms with Crippen LogP contribution in [-0.4, -0.2) is 35.0 Å². The van der Waals surface area contributed by atoms with Crippen LogP contribution in [0.2, 0.25) is 5.02 Å². The van der Waals surface area contributed by atoms with Gasteiger partial charge < -0.3 is 14.2 Å². The number of rotatable bonds is 4. The molecule has 0 radical (unpaired) electrons. The highest BCUT2D eigenvalue weighted by molar-refractivity contribution is 6.30. The highest BCUT2D eigenvalue weighted by Crippen LogP contribution is 2.21. The van der Waals surface area contributed by atoms with Gasteiger partial charge in [0.05, 0.1) is 5.92 Å². The van der Waals surface area contributed by atoms with E-state index in [9.17, 15) is 9.59 Å². The van der Waals surface area contributed by atoms with Crippen molar-refractivity contribution in [1.29, 1.82) is 0 Å². The highest BCUT2D eigenvalue weighted by atomic mass is 35.5. The molecule has 25 heavy (non-hydrogen) atoms. The van der Waals surface area contributed by atoms with Crippen molar-refractivity contribution in [1.82, 2.24) is 10.1 Å². The molecule has 7 heteroatoms. The van der Waals surface area contributed by atoms with Gasteiger partial charge in [-0.2, -0.15) is 0 Å². The van der Waals surface area contributed by atoms with Crippen LogP contribution in [0, 0.1) is 12.8 Å². The van der Waals surface area contributed by atoms with E-state index >= 15 is 0 Å². The average Bonchev–Trinajstić information content (AvgIpc) is 3.05. The van der Waals surface area contributed by atoms with Gasteiger partial charge in [-0.1, -0.05) is 16.8 Å². The number of carbonyl (C=O) groups excluding carboxylic acids is 2. The van der Waals surface area contributed by atoms with Crippen LogP contribution in [0.1, 0.15) is 34.7 Å². The first-order valence-corrected chi connectivity index (χ1v) is 8.54. The van der Waals surface area contributed by atoms with Gasteiger partial charge in [-0.25, -0.2) is 0 Å². The lowest BCUT2D eigenvalue weighted by atomic mass is 9.96. The third kappa shape index (κ3) is 4.39. The van der Waals surface area contributed by atoms with E-state index in [-0.39, 0.29) is 24.4 Å². The van der Waals surface area contributed by atoms with E-state index < -0.39 is 0 Å². The molecule has 3 rings (SSSR count). The number of halogens is 1. The Morgan fingerprint density at radius 3 is 2.56 bits per heavy atom. The zero-order valence-electron chi connectivity index (χ0n) is 13.9. The van der Waals surface area contributed by atoms with Crippen LogP contribution in [0.3, 0.4) is 0 Å². The molecule has 0 unspecified atom stereocenters. The molecule has 0 aliphatic carbocycles. The van der Waals surface area contributed by atoms with Gasteiger partial charge in [0.15, 0.2) is 0 Å². The minimum absolute atomic E-state index is 0.0402. The smallest absolute Gasteiger partial charge is 0.309 e. The topological polar surface area (TPSA) is 72.6 Å². The third-order valence-electron chi connectivity index (χ3n) is 4.25. The van der Waals surface area contributed by atoms with Crippen molar-refractivity contribution in [2.24, 2.45) is 5.92 Å². The SMILES string of the molecule is Cc1cc(COC(=O)C2CCN(C(=O)c3ccc(Cl)cc3)CC2)no1. The van der Waals surface area contributed by atoms with Gasteiger partial charge in [0, 0.05) is 29.7 Å². The standard InChI is InChI=1S/C18H19ClN2O4/c1-12-10-16(20-25-12)11-24-18(23)14-6-8-21(9-7-14)17(22)13-2-4-15(19)5-3-13/h2-5,10,14H,6-9,11H2,1H3. The van der Waals surface area contributed by atoms with Crippen LogP contribution >= 0.6 is 11.6 Å². The average molecular weight is 363 g/mol. The van der Waals surface area contributed by atoms with Crippen molar-refractivity contribution in [3.05, 3.63) is 52.4 Å². The summed E-state index contributed by atoms with van der Waals surface area (Å²) in [7, 11) is 0. The van der Waals surface area contributed by atoms with E-state index in [1.165, 1.54) is 0 Å². The zero-order valence-corrected chi connectivity index (χ0v) is 14.7. The van der Waals surface area contributed by atoms with Gasteiger partial charge in [0.1, 0.15) is 18.1 Å². The van der Waals surface area contributed by atoms with Gasteiger partial charge >= 0.3 is 5.97 Å². The molecule has 1 aliphatic rings. The van der Waals surface area contributed by atoms with Crippen molar-refractivity contribution in [3.63, 3.8) is 0 Å². The maximum atomic E-state index is 12.4.